The molecule has 0 atom stereocenters. The maximum atomic E-state index is 3.71. The second-order valence-corrected chi connectivity index (χ2v) is 9.32. The summed E-state index contributed by atoms with van der Waals surface area (Å²) in [4.78, 5) is 2.76. The van der Waals surface area contributed by atoms with Crippen LogP contribution in [0.2, 0.25) is 0 Å². The van der Waals surface area contributed by atoms with Crippen LogP contribution in [0.1, 0.15) is 59.3 Å². The molecule has 2 rings (SSSR count). The van der Waals surface area contributed by atoms with E-state index in [-0.39, 0.29) is 0 Å². The van der Waals surface area contributed by atoms with Gasteiger partial charge in [-0.1, -0.05) is 33.6 Å². The van der Waals surface area contributed by atoms with Gasteiger partial charge >= 0.3 is 0 Å². The molecule has 2 fully saturated rings. The molecule has 1 aliphatic carbocycles. The van der Waals surface area contributed by atoms with Crippen LogP contribution in [0, 0.1) is 5.41 Å². The number of rotatable bonds is 6. The van der Waals surface area contributed by atoms with E-state index in [0.717, 1.165) is 0 Å². The number of nitrogens with one attached hydrogen (secondary N) is 1. The van der Waals surface area contributed by atoms with Gasteiger partial charge in [-0.15, -0.1) is 0 Å². The van der Waals surface area contributed by atoms with Gasteiger partial charge in [-0.2, -0.15) is 11.8 Å². The van der Waals surface area contributed by atoms with Crippen molar-refractivity contribution in [1.82, 2.24) is 10.2 Å². The average molecular weight is 299 g/mol. The van der Waals surface area contributed by atoms with Gasteiger partial charge in [-0.05, 0) is 44.2 Å². The van der Waals surface area contributed by atoms with Crippen LogP contribution in [0.25, 0.3) is 0 Å². The lowest BCUT2D eigenvalue weighted by atomic mass is 9.85. The van der Waals surface area contributed by atoms with Crippen LogP contribution in [0.5, 0.6) is 0 Å². The van der Waals surface area contributed by atoms with E-state index >= 15 is 0 Å². The Kier molecular flexibility index (Phi) is 6.25. The summed E-state index contributed by atoms with van der Waals surface area (Å²) in [7, 11) is 0. The molecule has 0 aromatic heterocycles. The van der Waals surface area contributed by atoms with Crippen molar-refractivity contribution in [3.8, 4) is 0 Å². The van der Waals surface area contributed by atoms with Gasteiger partial charge in [0.2, 0.25) is 0 Å². The molecule has 2 nitrogen and oxygen atoms in total. The van der Waals surface area contributed by atoms with E-state index in [1.54, 1.807) is 0 Å². The second kappa shape index (κ2) is 7.51. The van der Waals surface area contributed by atoms with Crippen LogP contribution in [0.15, 0.2) is 0 Å². The van der Waals surface area contributed by atoms with Crippen LogP contribution in [0.4, 0.5) is 0 Å². The Bertz CT molecular complexity index is 285. The van der Waals surface area contributed by atoms with Crippen molar-refractivity contribution in [3.63, 3.8) is 0 Å². The summed E-state index contributed by atoms with van der Waals surface area (Å²) in [5.74, 6) is 1.31. The quantitative estimate of drug-likeness (QED) is 0.752. The lowest BCUT2D eigenvalue weighted by Crippen LogP contribution is -2.43. The van der Waals surface area contributed by atoms with Crippen LogP contribution in [-0.2, 0) is 0 Å². The number of hydrogen-bond acceptors (Lipinski definition) is 3. The zero-order valence-electron chi connectivity index (χ0n) is 13.8. The highest BCUT2D eigenvalue weighted by Crippen LogP contribution is 2.39. The predicted molar refractivity (Wildman–Crippen MR) is 91.7 cm³/mol. The largest absolute Gasteiger partial charge is 0.316 e. The molecule has 0 unspecified atom stereocenters. The van der Waals surface area contributed by atoms with E-state index in [2.05, 4.69) is 42.7 Å². The number of thioether (sulfide) groups is 1. The molecular weight excluding hydrogens is 264 g/mol. The van der Waals surface area contributed by atoms with Crippen molar-refractivity contribution in [3.05, 3.63) is 0 Å². The fraction of sp³-hybridized carbons (Fsp3) is 1.00. The van der Waals surface area contributed by atoms with E-state index in [9.17, 15) is 0 Å². The Balaban J connectivity index is 1.87. The summed E-state index contributed by atoms with van der Waals surface area (Å²) in [5, 5.41) is 3.71. The maximum absolute atomic E-state index is 3.71. The normalized spacial score (nSPS) is 26.6. The Labute approximate surface area is 130 Å². The Morgan fingerprint density at radius 2 is 1.85 bits per heavy atom. The zero-order valence-corrected chi connectivity index (χ0v) is 14.7. The van der Waals surface area contributed by atoms with Gasteiger partial charge in [-0.25, -0.2) is 0 Å². The molecule has 0 bridgehead atoms. The summed E-state index contributed by atoms with van der Waals surface area (Å²) in [5.41, 5.74) is 0.578. The monoisotopic (exact) mass is 298 g/mol. The molecule has 0 aromatic rings. The Hall–Kier alpha value is 0.270. The molecule has 0 spiro atoms. The van der Waals surface area contributed by atoms with Gasteiger partial charge in [-0.3, -0.25) is 0 Å². The summed E-state index contributed by atoms with van der Waals surface area (Å²) in [6.45, 7) is 13.4. The third-order valence-corrected chi connectivity index (χ3v) is 6.45. The van der Waals surface area contributed by atoms with Gasteiger partial charge in [0.25, 0.3) is 0 Å². The van der Waals surface area contributed by atoms with E-state index in [1.165, 1.54) is 77.0 Å². The lowest BCUT2D eigenvalue weighted by Gasteiger charge is -2.35. The standard InChI is InChI=1S/C17H34N2S/c1-4-10-18-14-17(7-5-6-8-17)15-19-11-9-16(2,3)20-13-12-19/h18H,4-15H2,1-3H3. The average Bonchev–Trinajstić information content (AvgIpc) is 2.78. The molecule has 1 saturated carbocycles. The first kappa shape index (κ1) is 16.6. The second-order valence-electron chi connectivity index (χ2n) is 7.52. The zero-order chi connectivity index (χ0) is 14.5. The molecule has 1 N–H and O–H groups in total. The lowest BCUT2D eigenvalue weighted by molar-refractivity contribution is 0.153. The van der Waals surface area contributed by atoms with Crippen molar-refractivity contribution in [2.24, 2.45) is 5.41 Å². The Morgan fingerprint density at radius 3 is 2.55 bits per heavy atom. The van der Waals surface area contributed by atoms with Gasteiger partial charge < -0.3 is 10.2 Å². The first-order valence-corrected chi connectivity index (χ1v) is 9.61. The molecule has 0 radical (unpaired) electrons. The smallest absolute Gasteiger partial charge is 0.0116 e. The minimum absolute atomic E-state index is 0.484. The summed E-state index contributed by atoms with van der Waals surface area (Å²) in [6, 6.07) is 0. The van der Waals surface area contributed by atoms with Gasteiger partial charge in [0.05, 0.1) is 0 Å². The minimum Gasteiger partial charge on any atom is -0.316 e. The third kappa shape index (κ3) is 4.92. The maximum Gasteiger partial charge on any atom is 0.0116 e. The molecule has 20 heavy (non-hydrogen) atoms. The van der Waals surface area contributed by atoms with E-state index in [1.807, 2.05) is 0 Å². The van der Waals surface area contributed by atoms with Crippen molar-refractivity contribution < 1.29 is 0 Å². The molecule has 2 aliphatic rings. The van der Waals surface area contributed by atoms with Crippen molar-refractivity contribution in [2.75, 3.05) is 38.5 Å². The number of hydrogen-bond donors (Lipinski definition) is 1. The molecule has 1 saturated heterocycles. The summed E-state index contributed by atoms with van der Waals surface area (Å²) >= 11 is 2.17. The number of nitrogens with zero attached hydrogens (tertiary/aromatic N) is 1. The van der Waals surface area contributed by atoms with Crippen LogP contribution in [-0.4, -0.2) is 48.1 Å². The van der Waals surface area contributed by atoms with Crippen LogP contribution >= 0.6 is 11.8 Å². The van der Waals surface area contributed by atoms with Crippen LogP contribution in [0.3, 0.4) is 0 Å². The first-order valence-electron chi connectivity index (χ1n) is 8.62. The highest BCUT2D eigenvalue weighted by molar-refractivity contribution is 8.00. The van der Waals surface area contributed by atoms with Crippen molar-refractivity contribution in [2.45, 2.75) is 64.0 Å². The molecular formula is C17H34N2S. The SMILES string of the molecule is CCCNCC1(CN2CCSC(C)(C)CC2)CCCC1. The van der Waals surface area contributed by atoms with E-state index in [4.69, 9.17) is 0 Å². The molecule has 3 heteroatoms. The summed E-state index contributed by atoms with van der Waals surface area (Å²) in [6.07, 6.45) is 8.37. The minimum atomic E-state index is 0.484. The highest BCUT2D eigenvalue weighted by Gasteiger charge is 2.36. The first-order chi connectivity index (χ1) is 9.55. The fourth-order valence-electron chi connectivity index (χ4n) is 3.74. The Morgan fingerprint density at radius 1 is 1.10 bits per heavy atom. The molecule has 1 aliphatic heterocycles. The van der Waals surface area contributed by atoms with Gasteiger partial charge in [0.1, 0.15) is 0 Å². The topological polar surface area (TPSA) is 15.3 Å². The fourth-order valence-corrected chi connectivity index (χ4v) is 4.88. The highest BCUT2D eigenvalue weighted by atomic mass is 32.2. The molecule has 1 heterocycles. The van der Waals surface area contributed by atoms with Gasteiger partial charge in [0.15, 0.2) is 0 Å². The van der Waals surface area contributed by atoms with E-state index in [0.29, 0.717) is 10.2 Å². The molecule has 0 aromatic carbocycles. The van der Waals surface area contributed by atoms with Crippen LogP contribution < -0.4 is 5.32 Å². The summed E-state index contributed by atoms with van der Waals surface area (Å²) < 4.78 is 0.484. The van der Waals surface area contributed by atoms with Crippen molar-refractivity contribution >= 4 is 11.8 Å². The van der Waals surface area contributed by atoms with Gasteiger partial charge in [0, 0.05) is 30.1 Å². The molecule has 0 amide bonds. The third-order valence-electron chi connectivity index (χ3n) is 5.08. The molecule has 118 valence electrons. The van der Waals surface area contributed by atoms with E-state index < -0.39 is 0 Å². The predicted octanol–water partition coefficient (Wildman–Crippen LogP) is 3.76. The van der Waals surface area contributed by atoms with Crippen molar-refractivity contribution in [1.29, 1.82) is 0 Å².